The van der Waals surface area contributed by atoms with Crippen molar-refractivity contribution in [2.24, 2.45) is 29.1 Å². The van der Waals surface area contributed by atoms with E-state index in [0.29, 0.717) is 5.41 Å². The standard InChI is InChI=1S/C20H30/c1-3-15-9-11-19-18-10-8-14-6-4-5-7-16(14)17(18)12-13-20(15,19)2/h4-5,15,17-19H,3,6-13H2,1-2H3/t15-,17+,18+,19-,20+/m0/s1. The fraction of sp³-hybridized carbons (Fsp3) is 0.800. The van der Waals surface area contributed by atoms with E-state index in [2.05, 4.69) is 26.0 Å². The normalized spacial score (nSPS) is 46.9. The predicted molar refractivity (Wildman–Crippen MR) is 85.5 cm³/mol. The van der Waals surface area contributed by atoms with Gasteiger partial charge in [-0.25, -0.2) is 0 Å². The molecule has 4 aliphatic rings. The van der Waals surface area contributed by atoms with Crippen molar-refractivity contribution in [3.63, 3.8) is 0 Å². The third-order valence-electron chi connectivity index (χ3n) is 7.68. The summed E-state index contributed by atoms with van der Waals surface area (Å²) < 4.78 is 0. The van der Waals surface area contributed by atoms with Crippen LogP contribution in [0.25, 0.3) is 0 Å². The van der Waals surface area contributed by atoms with Crippen LogP contribution >= 0.6 is 0 Å². The van der Waals surface area contributed by atoms with Gasteiger partial charge in [-0.1, -0.05) is 43.6 Å². The van der Waals surface area contributed by atoms with Crippen LogP contribution in [0.2, 0.25) is 0 Å². The molecule has 0 spiro atoms. The molecule has 0 aliphatic heterocycles. The smallest absolute Gasteiger partial charge is 0.0133 e. The van der Waals surface area contributed by atoms with Gasteiger partial charge in [-0.2, -0.15) is 0 Å². The van der Waals surface area contributed by atoms with Crippen LogP contribution < -0.4 is 0 Å². The molecule has 0 nitrogen and oxygen atoms in total. The Bertz CT molecular complexity index is 455. The molecular formula is C20H30. The van der Waals surface area contributed by atoms with Crippen LogP contribution in [0.3, 0.4) is 0 Å². The monoisotopic (exact) mass is 270 g/mol. The number of allylic oxidation sites excluding steroid dienone is 4. The van der Waals surface area contributed by atoms with Gasteiger partial charge in [-0.3, -0.25) is 0 Å². The van der Waals surface area contributed by atoms with Crippen molar-refractivity contribution in [3.05, 3.63) is 23.3 Å². The van der Waals surface area contributed by atoms with Crippen LogP contribution in [0.1, 0.15) is 71.6 Å². The first-order valence-electron chi connectivity index (χ1n) is 9.10. The van der Waals surface area contributed by atoms with Crippen molar-refractivity contribution in [1.82, 2.24) is 0 Å². The molecule has 110 valence electrons. The summed E-state index contributed by atoms with van der Waals surface area (Å²) in [6, 6.07) is 0. The van der Waals surface area contributed by atoms with Crippen LogP contribution in [0.4, 0.5) is 0 Å². The second-order valence-corrected chi connectivity index (χ2v) is 8.15. The maximum atomic E-state index is 2.65. The Morgan fingerprint density at radius 1 is 1.10 bits per heavy atom. The van der Waals surface area contributed by atoms with Gasteiger partial charge in [-0.05, 0) is 80.5 Å². The highest BCUT2D eigenvalue weighted by molar-refractivity contribution is 5.30. The molecule has 0 heteroatoms. The Hall–Kier alpha value is -0.520. The van der Waals surface area contributed by atoms with Crippen molar-refractivity contribution in [1.29, 1.82) is 0 Å². The Balaban J connectivity index is 1.64. The maximum absolute atomic E-state index is 2.65. The Kier molecular flexibility index (Phi) is 3.13. The average Bonchev–Trinajstić information content (AvgIpc) is 2.83. The molecule has 2 saturated carbocycles. The molecule has 4 rings (SSSR count). The Labute approximate surface area is 124 Å². The van der Waals surface area contributed by atoms with E-state index in [-0.39, 0.29) is 0 Å². The van der Waals surface area contributed by atoms with E-state index in [1.54, 1.807) is 0 Å². The highest BCUT2D eigenvalue weighted by atomic mass is 14.6. The van der Waals surface area contributed by atoms with E-state index in [1.807, 2.05) is 11.1 Å². The summed E-state index contributed by atoms with van der Waals surface area (Å²) in [6.45, 7) is 5.08. The van der Waals surface area contributed by atoms with Crippen molar-refractivity contribution in [3.8, 4) is 0 Å². The SMILES string of the molecule is CC[C@H]1CC[C@H]2[C@@H]3CCC4=C(CC=CC4)[C@H]3CC[C@]12C. The molecule has 0 N–H and O–H groups in total. The molecule has 2 fully saturated rings. The minimum Gasteiger partial charge on any atom is -0.0841 e. The minimum absolute atomic E-state index is 0.693. The van der Waals surface area contributed by atoms with Crippen LogP contribution in [0, 0.1) is 29.1 Å². The summed E-state index contributed by atoms with van der Waals surface area (Å²) in [7, 11) is 0. The first-order chi connectivity index (χ1) is 9.74. The molecule has 4 aliphatic carbocycles. The van der Waals surface area contributed by atoms with Crippen LogP contribution in [-0.4, -0.2) is 0 Å². The fourth-order valence-electron chi connectivity index (χ4n) is 6.63. The first kappa shape index (κ1) is 13.2. The van der Waals surface area contributed by atoms with Gasteiger partial charge in [0.05, 0.1) is 0 Å². The molecule has 0 heterocycles. The molecule has 0 aromatic rings. The second-order valence-electron chi connectivity index (χ2n) is 8.15. The lowest BCUT2D eigenvalue weighted by atomic mass is 9.53. The Morgan fingerprint density at radius 3 is 2.80 bits per heavy atom. The van der Waals surface area contributed by atoms with Gasteiger partial charge in [0.25, 0.3) is 0 Å². The lowest BCUT2D eigenvalue weighted by Gasteiger charge is -2.52. The molecule has 20 heavy (non-hydrogen) atoms. The molecule has 0 bridgehead atoms. The topological polar surface area (TPSA) is 0 Å². The van der Waals surface area contributed by atoms with Crippen LogP contribution in [0.5, 0.6) is 0 Å². The number of fused-ring (bicyclic) bond motifs is 4. The zero-order chi connectivity index (χ0) is 13.7. The molecule has 0 aromatic carbocycles. The van der Waals surface area contributed by atoms with Crippen molar-refractivity contribution in [2.75, 3.05) is 0 Å². The molecule has 5 atom stereocenters. The molecule has 0 unspecified atom stereocenters. The molecule has 0 radical (unpaired) electrons. The van der Waals surface area contributed by atoms with E-state index < -0.39 is 0 Å². The second kappa shape index (κ2) is 4.75. The number of rotatable bonds is 1. The number of hydrogen-bond acceptors (Lipinski definition) is 0. The van der Waals surface area contributed by atoms with Crippen LogP contribution in [0.15, 0.2) is 23.3 Å². The average molecular weight is 270 g/mol. The van der Waals surface area contributed by atoms with Gasteiger partial charge in [0.15, 0.2) is 0 Å². The summed E-state index contributed by atoms with van der Waals surface area (Å²) in [5, 5.41) is 0. The zero-order valence-electron chi connectivity index (χ0n) is 13.3. The predicted octanol–water partition coefficient (Wildman–Crippen LogP) is 5.90. The van der Waals surface area contributed by atoms with Gasteiger partial charge >= 0.3 is 0 Å². The van der Waals surface area contributed by atoms with Crippen molar-refractivity contribution < 1.29 is 0 Å². The van der Waals surface area contributed by atoms with Crippen LogP contribution in [-0.2, 0) is 0 Å². The Morgan fingerprint density at radius 2 is 1.95 bits per heavy atom. The van der Waals surface area contributed by atoms with E-state index >= 15 is 0 Å². The molecular weight excluding hydrogens is 240 g/mol. The van der Waals surface area contributed by atoms with Gasteiger partial charge in [0.1, 0.15) is 0 Å². The number of hydrogen-bond donors (Lipinski definition) is 0. The summed E-state index contributed by atoms with van der Waals surface area (Å²) in [4.78, 5) is 0. The molecule has 0 aromatic heterocycles. The van der Waals surface area contributed by atoms with Crippen molar-refractivity contribution >= 4 is 0 Å². The van der Waals surface area contributed by atoms with Gasteiger partial charge in [-0.15, -0.1) is 0 Å². The van der Waals surface area contributed by atoms with Gasteiger partial charge in [0.2, 0.25) is 0 Å². The minimum atomic E-state index is 0.693. The van der Waals surface area contributed by atoms with Gasteiger partial charge in [0, 0.05) is 0 Å². The highest BCUT2D eigenvalue weighted by Gasteiger charge is 2.54. The third kappa shape index (κ3) is 1.72. The largest absolute Gasteiger partial charge is 0.0841 e. The summed E-state index contributed by atoms with van der Waals surface area (Å²) in [5.74, 6) is 4.08. The van der Waals surface area contributed by atoms with E-state index in [4.69, 9.17) is 0 Å². The first-order valence-corrected chi connectivity index (χ1v) is 9.10. The van der Waals surface area contributed by atoms with Crippen molar-refractivity contribution in [2.45, 2.75) is 71.6 Å². The fourth-order valence-corrected chi connectivity index (χ4v) is 6.63. The van der Waals surface area contributed by atoms with Gasteiger partial charge < -0.3 is 0 Å². The van der Waals surface area contributed by atoms with E-state index in [0.717, 1.165) is 23.7 Å². The summed E-state index contributed by atoms with van der Waals surface area (Å²) in [5.41, 5.74) is 4.42. The lowest BCUT2D eigenvalue weighted by Crippen LogP contribution is -2.43. The van der Waals surface area contributed by atoms with E-state index in [1.165, 1.54) is 57.8 Å². The maximum Gasteiger partial charge on any atom is -0.0133 e. The lowest BCUT2D eigenvalue weighted by molar-refractivity contribution is 0.0135. The van der Waals surface area contributed by atoms with E-state index in [9.17, 15) is 0 Å². The summed E-state index contributed by atoms with van der Waals surface area (Å²) >= 11 is 0. The zero-order valence-corrected chi connectivity index (χ0v) is 13.3. The molecule has 0 saturated heterocycles. The summed E-state index contributed by atoms with van der Waals surface area (Å²) in [6.07, 6.45) is 17.8. The quantitative estimate of drug-likeness (QED) is 0.521. The highest BCUT2D eigenvalue weighted by Crippen LogP contribution is 2.63. The molecule has 0 amide bonds. The third-order valence-corrected chi connectivity index (χ3v) is 7.68.